The molecular formula is C33H38O6S2. The Morgan fingerprint density at radius 1 is 0.537 bits per heavy atom. The maximum absolute atomic E-state index is 12.9. The van der Waals surface area contributed by atoms with E-state index in [-0.39, 0.29) is 0 Å². The van der Waals surface area contributed by atoms with Crippen LogP contribution in [0.4, 0.5) is 0 Å². The lowest BCUT2D eigenvalue weighted by Gasteiger charge is -2.39. The summed E-state index contributed by atoms with van der Waals surface area (Å²) >= 11 is 0. The van der Waals surface area contributed by atoms with Crippen molar-refractivity contribution in [3.05, 3.63) is 103 Å². The van der Waals surface area contributed by atoms with Crippen molar-refractivity contribution < 1.29 is 26.3 Å². The smallest absolute Gasteiger partial charge is 0.274 e. The van der Waals surface area contributed by atoms with E-state index in [9.17, 15) is 8.42 Å². The minimum Gasteiger partial charge on any atom is -0.494 e. The molecule has 0 heterocycles. The van der Waals surface area contributed by atoms with Crippen molar-refractivity contribution in [3.63, 3.8) is 0 Å². The van der Waals surface area contributed by atoms with Gasteiger partial charge in [0.1, 0.15) is 23.0 Å². The van der Waals surface area contributed by atoms with Crippen LogP contribution in [0.5, 0.6) is 23.0 Å². The summed E-state index contributed by atoms with van der Waals surface area (Å²) in [6.45, 7) is 5.47. The highest BCUT2D eigenvalue weighted by molar-refractivity contribution is 8.33. The predicted molar refractivity (Wildman–Crippen MR) is 165 cm³/mol. The number of para-hydroxylation sites is 1. The molecule has 218 valence electrons. The van der Waals surface area contributed by atoms with Crippen LogP contribution in [-0.2, 0) is 13.7 Å². The van der Waals surface area contributed by atoms with Gasteiger partial charge in [0.25, 0.3) is 10.1 Å². The van der Waals surface area contributed by atoms with Crippen LogP contribution in [0.2, 0.25) is 0 Å². The maximum Gasteiger partial charge on any atom is 0.274 e. The molecule has 0 aliphatic rings. The van der Waals surface area contributed by atoms with Gasteiger partial charge < -0.3 is 14.2 Å². The molecule has 4 aromatic rings. The normalized spacial score (nSPS) is 12.1. The number of rotatable bonds is 15. The number of benzene rings is 4. The van der Waals surface area contributed by atoms with Gasteiger partial charge in [0.15, 0.2) is 0 Å². The molecule has 0 aliphatic heterocycles. The number of ether oxygens (including phenoxy) is 3. The average molecular weight is 595 g/mol. The highest BCUT2D eigenvalue weighted by Crippen LogP contribution is 2.70. The van der Waals surface area contributed by atoms with Crippen LogP contribution in [0.1, 0.15) is 39.5 Å². The van der Waals surface area contributed by atoms with Gasteiger partial charge in [-0.1, -0.05) is 44.9 Å². The van der Waals surface area contributed by atoms with Gasteiger partial charge in [0, 0.05) is 14.7 Å². The molecular weight excluding hydrogens is 556 g/mol. The second-order valence-corrected chi connectivity index (χ2v) is 14.0. The molecule has 0 amide bonds. The summed E-state index contributed by atoms with van der Waals surface area (Å²) in [6.07, 6.45) is 5.08. The molecule has 0 saturated carbocycles. The van der Waals surface area contributed by atoms with Crippen LogP contribution in [0.15, 0.2) is 118 Å². The minimum atomic E-state index is -3.90. The zero-order valence-electron chi connectivity index (χ0n) is 23.8. The lowest BCUT2D eigenvalue weighted by Crippen LogP contribution is -2.13. The summed E-state index contributed by atoms with van der Waals surface area (Å²) in [4.78, 5) is 2.16. The Morgan fingerprint density at radius 2 is 0.927 bits per heavy atom. The van der Waals surface area contributed by atoms with Crippen molar-refractivity contribution in [2.24, 2.45) is 0 Å². The molecule has 0 saturated heterocycles. The number of unbranched alkanes of at least 4 members (excludes halogenated alkanes) is 2. The Bertz CT molecular complexity index is 1400. The SMILES string of the molecule is CCCCOc1ccc(S(OS(C)(=O)=O)(c2ccc(OCCCC)cc2)c2ccc(Oc3ccccc3)cc2)cc1. The third-order valence-corrected chi connectivity index (χ3v) is 10.8. The Kier molecular flexibility index (Phi) is 10.7. The van der Waals surface area contributed by atoms with Crippen molar-refractivity contribution >= 4 is 20.4 Å². The monoisotopic (exact) mass is 594 g/mol. The lowest BCUT2D eigenvalue weighted by molar-refractivity contribution is 0.309. The minimum absolute atomic E-state index is 0.621. The Hall–Kier alpha value is -3.46. The predicted octanol–water partition coefficient (Wildman–Crippen LogP) is 9.01. The second-order valence-electron chi connectivity index (χ2n) is 9.56. The summed E-state index contributed by atoms with van der Waals surface area (Å²) in [6, 6.07) is 31.9. The van der Waals surface area contributed by atoms with E-state index >= 15 is 0 Å². The largest absolute Gasteiger partial charge is 0.494 e. The van der Waals surface area contributed by atoms with Gasteiger partial charge in [0.2, 0.25) is 0 Å². The molecule has 6 nitrogen and oxygen atoms in total. The molecule has 0 aromatic heterocycles. The highest BCUT2D eigenvalue weighted by Gasteiger charge is 2.36. The fourth-order valence-corrected chi connectivity index (χ4v) is 8.96. The Balaban J connectivity index is 1.79. The summed E-state index contributed by atoms with van der Waals surface area (Å²) in [7, 11) is -6.62. The van der Waals surface area contributed by atoms with E-state index in [0.717, 1.165) is 53.2 Å². The summed E-state index contributed by atoms with van der Waals surface area (Å²) in [5, 5.41) is 0. The molecule has 0 atom stereocenters. The van der Waals surface area contributed by atoms with Crippen molar-refractivity contribution in [2.75, 3.05) is 19.5 Å². The fourth-order valence-electron chi connectivity index (χ4n) is 4.16. The van der Waals surface area contributed by atoms with E-state index < -0.39 is 20.4 Å². The molecule has 4 aromatic carbocycles. The molecule has 41 heavy (non-hydrogen) atoms. The van der Waals surface area contributed by atoms with Gasteiger partial charge in [-0.15, -0.1) is 0 Å². The van der Waals surface area contributed by atoms with E-state index in [1.54, 1.807) is 0 Å². The van der Waals surface area contributed by atoms with Crippen LogP contribution in [0.25, 0.3) is 0 Å². The molecule has 0 fully saturated rings. The van der Waals surface area contributed by atoms with Crippen molar-refractivity contribution in [3.8, 4) is 23.0 Å². The molecule has 0 aliphatic carbocycles. The van der Waals surface area contributed by atoms with Crippen LogP contribution in [0, 0.1) is 0 Å². The first kappa shape index (κ1) is 30.5. The number of hydrogen-bond donors (Lipinski definition) is 0. The third kappa shape index (κ3) is 8.28. The van der Waals surface area contributed by atoms with Crippen molar-refractivity contribution in [1.29, 1.82) is 0 Å². The van der Waals surface area contributed by atoms with Crippen molar-refractivity contribution in [1.82, 2.24) is 0 Å². The van der Waals surface area contributed by atoms with Crippen LogP contribution in [0.3, 0.4) is 0 Å². The Labute approximate surface area is 245 Å². The van der Waals surface area contributed by atoms with Gasteiger partial charge in [0.05, 0.1) is 19.5 Å². The molecule has 0 radical (unpaired) electrons. The average Bonchev–Trinajstić information content (AvgIpc) is 2.98. The second kappa shape index (κ2) is 14.4. The van der Waals surface area contributed by atoms with Crippen molar-refractivity contribution in [2.45, 2.75) is 54.2 Å². The van der Waals surface area contributed by atoms with E-state index in [1.165, 1.54) is 0 Å². The van der Waals surface area contributed by atoms with Gasteiger partial charge >= 0.3 is 0 Å². The zero-order chi connectivity index (χ0) is 29.1. The summed E-state index contributed by atoms with van der Waals surface area (Å²) < 4.78 is 49.7. The molecule has 0 bridgehead atoms. The summed E-state index contributed by atoms with van der Waals surface area (Å²) in [5.74, 6) is 2.79. The zero-order valence-corrected chi connectivity index (χ0v) is 25.5. The molecule has 4 rings (SSSR count). The first-order valence-electron chi connectivity index (χ1n) is 13.9. The first-order valence-corrected chi connectivity index (χ1v) is 17.2. The van der Waals surface area contributed by atoms with Crippen LogP contribution in [-0.4, -0.2) is 27.9 Å². The number of hydrogen-bond acceptors (Lipinski definition) is 6. The molecule has 0 unspecified atom stereocenters. The van der Waals surface area contributed by atoms with Crippen LogP contribution >= 0.6 is 10.3 Å². The van der Waals surface area contributed by atoms with Gasteiger partial charge in [-0.3, -0.25) is 0 Å². The van der Waals surface area contributed by atoms with E-state index in [1.807, 2.05) is 103 Å². The standard InChI is InChI=1S/C33H38O6S2/c1-4-6-25-36-27-13-19-31(20-14-27)41(39-40(3,34)35,32-21-15-28(16-22-32)37-26-7-5-2)33-23-17-30(18-24-33)38-29-11-9-8-10-12-29/h8-24H,4-7,25-26H2,1-3H3. The van der Waals surface area contributed by atoms with Gasteiger partial charge in [-0.25, -0.2) is 3.63 Å². The lowest BCUT2D eigenvalue weighted by atomic mass is 10.3. The maximum atomic E-state index is 12.9. The topological polar surface area (TPSA) is 71.1 Å². The van der Waals surface area contributed by atoms with Gasteiger partial charge in [-0.05, 0) is 108 Å². The molecule has 0 N–H and O–H groups in total. The fraction of sp³-hybridized carbons (Fsp3) is 0.273. The molecule has 8 heteroatoms. The quantitative estimate of drug-likeness (QED) is 0.128. The first-order chi connectivity index (χ1) is 19.8. The highest BCUT2D eigenvalue weighted by atomic mass is 32.3. The molecule has 0 spiro atoms. The van der Waals surface area contributed by atoms with E-state index in [0.29, 0.717) is 29.6 Å². The van der Waals surface area contributed by atoms with Crippen LogP contribution < -0.4 is 14.2 Å². The van der Waals surface area contributed by atoms with E-state index in [2.05, 4.69) is 13.8 Å². The third-order valence-electron chi connectivity index (χ3n) is 6.20. The van der Waals surface area contributed by atoms with Gasteiger partial charge in [-0.2, -0.15) is 8.42 Å². The Morgan fingerprint density at radius 3 is 1.32 bits per heavy atom. The summed E-state index contributed by atoms with van der Waals surface area (Å²) in [5.41, 5.74) is 0. The van der Waals surface area contributed by atoms with E-state index in [4.69, 9.17) is 17.8 Å².